The zero-order valence-corrected chi connectivity index (χ0v) is 11.6. The van der Waals surface area contributed by atoms with Crippen molar-refractivity contribution in [2.45, 2.75) is 0 Å². The van der Waals surface area contributed by atoms with E-state index in [1.807, 2.05) is 17.5 Å². The second-order valence-electron chi connectivity index (χ2n) is 3.45. The van der Waals surface area contributed by atoms with Crippen LogP contribution in [0.1, 0.15) is 15.2 Å². The van der Waals surface area contributed by atoms with Gasteiger partial charge in [-0.15, -0.1) is 11.3 Å². The number of halogens is 1. The highest BCUT2D eigenvalue weighted by Gasteiger charge is 2.12. The molecule has 0 unspecified atom stereocenters. The van der Waals surface area contributed by atoms with Gasteiger partial charge in [0.15, 0.2) is 6.61 Å². The molecule has 1 heterocycles. The second kappa shape index (κ2) is 5.80. The highest BCUT2D eigenvalue weighted by molar-refractivity contribution is 9.10. The molecule has 0 aliphatic rings. The Kier molecular flexibility index (Phi) is 4.13. The van der Waals surface area contributed by atoms with E-state index in [2.05, 4.69) is 15.9 Å². The van der Waals surface area contributed by atoms with E-state index in [9.17, 15) is 4.79 Å². The lowest BCUT2D eigenvalue weighted by Crippen LogP contribution is -2.10. The van der Waals surface area contributed by atoms with Gasteiger partial charge in [0.1, 0.15) is 5.75 Å². The molecule has 90 valence electrons. The molecular weight excluding hydrogens is 314 g/mol. The van der Waals surface area contributed by atoms with Gasteiger partial charge in [0.25, 0.3) is 0 Å². The molecule has 0 atom stereocenters. The minimum atomic E-state index is -0.0683. The first-order valence-electron chi connectivity index (χ1n) is 5.10. The van der Waals surface area contributed by atoms with Crippen molar-refractivity contribution in [2.24, 2.45) is 0 Å². The van der Waals surface area contributed by atoms with Crippen molar-refractivity contribution < 1.29 is 9.53 Å². The Balaban J connectivity index is 1.97. The summed E-state index contributed by atoms with van der Waals surface area (Å²) in [5.74, 6) is 0.510. The summed E-state index contributed by atoms with van der Waals surface area (Å²) in [4.78, 5) is 12.5. The number of benzene rings is 1. The highest BCUT2D eigenvalue weighted by atomic mass is 79.9. The number of ether oxygens (including phenoxy) is 1. The third-order valence-corrected chi connectivity index (χ3v) is 4.10. The highest BCUT2D eigenvalue weighted by Crippen LogP contribution is 2.23. The van der Waals surface area contributed by atoms with Gasteiger partial charge in [-0.2, -0.15) is 5.26 Å². The summed E-state index contributed by atoms with van der Waals surface area (Å²) < 4.78 is 6.17. The Morgan fingerprint density at radius 1 is 1.33 bits per heavy atom. The molecule has 0 bridgehead atoms. The molecule has 18 heavy (non-hydrogen) atoms. The van der Waals surface area contributed by atoms with Gasteiger partial charge >= 0.3 is 0 Å². The molecule has 0 aliphatic heterocycles. The Labute approximate surface area is 117 Å². The standard InChI is InChI=1S/C13H8BrNO2S/c14-11-5-6-18-13(11)12(16)8-17-10-3-1-9(7-15)2-4-10/h1-6H,8H2. The van der Waals surface area contributed by atoms with Gasteiger partial charge in [-0.3, -0.25) is 4.79 Å². The first-order chi connectivity index (χ1) is 8.70. The van der Waals surface area contributed by atoms with Crippen LogP contribution in [0.2, 0.25) is 0 Å². The van der Waals surface area contributed by atoms with Crippen molar-refractivity contribution in [3.8, 4) is 11.8 Å². The fraction of sp³-hybridized carbons (Fsp3) is 0.0769. The van der Waals surface area contributed by atoms with Gasteiger partial charge in [0, 0.05) is 4.47 Å². The second-order valence-corrected chi connectivity index (χ2v) is 5.22. The van der Waals surface area contributed by atoms with Crippen LogP contribution in [0.5, 0.6) is 5.75 Å². The zero-order chi connectivity index (χ0) is 13.0. The van der Waals surface area contributed by atoms with Crippen LogP contribution in [0.3, 0.4) is 0 Å². The van der Waals surface area contributed by atoms with Crippen molar-refractivity contribution >= 4 is 33.0 Å². The summed E-state index contributed by atoms with van der Waals surface area (Å²) in [6, 6.07) is 10.5. The molecule has 3 nitrogen and oxygen atoms in total. The third-order valence-electron chi connectivity index (χ3n) is 2.22. The van der Waals surface area contributed by atoms with Crippen molar-refractivity contribution in [3.63, 3.8) is 0 Å². The Morgan fingerprint density at radius 3 is 2.61 bits per heavy atom. The lowest BCUT2D eigenvalue weighted by Gasteiger charge is -2.04. The summed E-state index contributed by atoms with van der Waals surface area (Å²) in [7, 11) is 0. The lowest BCUT2D eigenvalue weighted by molar-refractivity contribution is 0.0925. The molecule has 0 N–H and O–H groups in total. The molecule has 0 fully saturated rings. The minimum absolute atomic E-state index is 0.00892. The van der Waals surface area contributed by atoms with Gasteiger partial charge in [-0.05, 0) is 51.6 Å². The van der Waals surface area contributed by atoms with Gasteiger partial charge in [-0.1, -0.05) is 0 Å². The normalized spacial score (nSPS) is 9.78. The number of hydrogen-bond acceptors (Lipinski definition) is 4. The van der Waals surface area contributed by atoms with Crippen molar-refractivity contribution in [2.75, 3.05) is 6.61 Å². The minimum Gasteiger partial charge on any atom is -0.485 e. The van der Waals surface area contributed by atoms with E-state index in [0.29, 0.717) is 16.2 Å². The number of Topliss-reactive ketones (excluding diaryl/α,β-unsaturated/α-hetero) is 1. The van der Waals surface area contributed by atoms with E-state index in [4.69, 9.17) is 10.00 Å². The maximum Gasteiger partial charge on any atom is 0.211 e. The average molecular weight is 322 g/mol. The van der Waals surface area contributed by atoms with E-state index >= 15 is 0 Å². The number of ketones is 1. The molecule has 0 amide bonds. The molecule has 0 radical (unpaired) electrons. The Morgan fingerprint density at radius 2 is 2.06 bits per heavy atom. The van der Waals surface area contributed by atoms with Crippen molar-refractivity contribution in [1.29, 1.82) is 5.26 Å². The summed E-state index contributed by atoms with van der Waals surface area (Å²) >= 11 is 4.69. The molecule has 1 aromatic carbocycles. The maximum atomic E-state index is 11.8. The molecular formula is C13H8BrNO2S. The molecule has 0 saturated carbocycles. The van der Waals surface area contributed by atoms with E-state index in [-0.39, 0.29) is 12.4 Å². The van der Waals surface area contributed by atoms with E-state index < -0.39 is 0 Å². The van der Waals surface area contributed by atoms with Crippen LogP contribution in [0.15, 0.2) is 40.2 Å². The van der Waals surface area contributed by atoms with Crippen LogP contribution in [-0.4, -0.2) is 12.4 Å². The number of nitriles is 1. The van der Waals surface area contributed by atoms with Crippen molar-refractivity contribution in [3.05, 3.63) is 50.6 Å². The molecule has 0 spiro atoms. The van der Waals surface area contributed by atoms with Crippen LogP contribution in [-0.2, 0) is 0 Å². The van der Waals surface area contributed by atoms with E-state index in [0.717, 1.165) is 4.47 Å². The van der Waals surface area contributed by atoms with Crippen LogP contribution >= 0.6 is 27.3 Å². The summed E-state index contributed by atoms with van der Waals surface area (Å²) in [6.45, 7) is -0.00892. The first-order valence-corrected chi connectivity index (χ1v) is 6.77. The van der Waals surface area contributed by atoms with Crippen molar-refractivity contribution in [1.82, 2.24) is 0 Å². The van der Waals surface area contributed by atoms with Crippen LogP contribution < -0.4 is 4.74 Å². The summed E-state index contributed by atoms with van der Waals surface area (Å²) in [5, 5.41) is 10.5. The Bertz CT molecular complexity index is 598. The fourth-order valence-electron chi connectivity index (χ4n) is 1.33. The van der Waals surface area contributed by atoms with Gasteiger partial charge in [-0.25, -0.2) is 0 Å². The SMILES string of the molecule is N#Cc1ccc(OCC(=O)c2sccc2Br)cc1. The topological polar surface area (TPSA) is 50.1 Å². The monoisotopic (exact) mass is 321 g/mol. The number of carbonyl (C=O) groups is 1. The molecule has 5 heteroatoms. The van der Waals surface area contributed by atoms with Crippen LogP contribution in [0.25, 0.3) is 0 Å². The third kappa shape index (κ3) is 2.97. The predicted molar refractivity (Wildman–Crippen MR) is 73.0 cm³/mol. The fourth-order valence-corrected chi connectivity index (χ4v) is 2.85. The van der Waals surface area contributed by atoms with E-state index in [1.165, 1.54) is 11.3 Å². The quantitative estimate of drug-likeness (QED) is 0.808. The smallest absolute Gasteiger partial charge is 0.211 e. The molecule has 0 saturated heterocycles. The molecule has 1 aromatic heterocycles. The molecule has 2 rings (SSSR count). The average Bonchev–Trinajstić information content (AvgIpc) is 2.83. The van der Waals surface area contributed by atoms with Gasteiger partial charge in [0.2, 0.25) is 5.78 Å². The maximum absolute atomic E-state index is 11.8. The Hall–Kier alpha value is -1.64. The number of thiophene rings is 1. The van der Waals surface area contributed by atoms with E-state index in [1.54, 1.807) is 24.3 Å². The number of rotatable bonds is 4. The van der Waals surface area contributed by atoms with Crippen LogP contribution in [0.4, 0.5) is 0 Å². The zero-order valence-electron chi connectivity index (χ0n) is 9.22. The molecule has 2 aromatic rings. The summed E-state index contributed by atoms with van der Waals surface area (Å²) in [6.07, 6.45) is 0. The first kappa shape index (κ1) is 12.8. The van der Waals surface area contributed by atoms with Gasteiger partial charge in [0.05, 0.1) is 16.5 Å². The number of carbonyl (C=O) groups excluding carboxylic acids is 1. The molecule has 0 aliphatic carbocycles. The van der Waals surface area contributed by atoms with Gasteiger partial charge < -0.3 is 4.74 Å². The number of hydrogen-bond donors (Lipinski definition) is 0. The summed E-state index contributed by atoms with van der Waals surface area (Å²) in [5.41, 5.74) is 0.565. The predicted octanol–water partition coefficient (Wildman–Crippen LogP) is 3.64. The largest absolute Gasteiger partial charge is 0.485 e. The van der Waals surface area contributed by atoms with Crippen LogP contribution in [0, 0.1) is 11.3 Å². The lowest BCUT2D eigenvalue weighted by atomic mass is 10.2. The number of nitrogens with zero attached hydrogens (tertiary/aromatic N) is 1.